The van der Waals surface area contributed by atoms with Crippen LogP contribution in [0.3, 0.4) is 0 Å². The highest BCUT2D eigenvalue weighted by molar-refractivity contribution is 5.85. The van der Waals surface area contributed by atoms with E-state index in [0.717, 1.165) is 59.0 Å². The molecular formula is C24H24FN5O. The zero-order valence-corrected chi connectivity index (χ0v) is 17.6. The van der Waals surface area contributed by atoms with Crippen LogP contribution in [0.5, 0.6) is 11.8 Å². The van der Waals surface area contributed by atoms with E-state index in [-0.39, 0.29) is 11.9 Å². The van der Waals surface area contributed by atoms with Crippen molar-refractivity contribution >= 4 is 5.82 Å². The first-order valence-electron chi connectivity index (χ1n) is 10.8. The molecule has 2 aromatic heterocycles. The summed E-state index contributed by atoms with van der Waals surface area (Å²) in [5, 5.41) is 0. The van der Waals surface area contributed by atoms with E-state index in [1.165, 1.54) is 0 Å². The largest absolute Gasteiger partial charge is 0.423 e. The van der Waals surface area contributed by atoms with Gasteiger partial charge in [0.25, 0.3) is 0 Å². The van der Waals surface area contributed by atoms with Gasteiger partial charge in [-0.3, -0.25) is 4.98 Å². The van der Waals surface area contributed by atoms with E-state index in [9.17, 15) is 4.39 Å². The number of rotatable bonds is 3. The fourth-order valence-electron chi connectivity index (χ4n) is 5.30. The van der Waals surface area contributed by atoms with Gasteiger partial charge in [-0.25, -0.2) is 4.39 Å². The van der Waals surface area contributed by atoms with E-state index in [1.807, 2.05) is 26.0 Å². The van der Waals surface area contributed by atoms with Crippen molar-refractivity contribution in [1.29, 1.82) is 0 Å². The van der Waals surface area contributed by atoms with E-state index >= 15 is 0 Å². The molecule has 3 aromatic rings. The average Bonchev–Trinajstić information content (AvgIpc) is 3.27. The Bertz CT molecular complexity index is 1200. The molecule has 6 rings (SSSR count). The van der Waals surface area contributed by atoms with Crippen LogP contribution in [-0.4, -0.2) is 34.1 Å². The molecule has 1 saturated heterocycles. The summed E-state index contributed by atoms with van der Waals surface area (Å²) < 4.78 is 20.3. The summed E-state index contributed by atoms with van der Waals surface area (Å²) in [7, 11) is 0. The lowest BCUT2D eigenvalue weighted by molar-refractivity contribution is 0.194. The van der Waals surface area contributed by atoms with Crippen LogP contribution in [-0.2, 0) is 6.42 Å². The topological polar surface area (TPSA) is 77.2 Å². The fraction of sp³-hybridized carbons (Fsp3) is 0.375. The normalized spacial score (nSPS) is 23.2. The van der Waals surface area contributed by atoms with Gasteiger partial charge in [-0.1, -0.05) is 0 Å². The van der Waals surface area contributed by atoms with E-state index < -0.39 is 0 Å². The second kappa shape index (κ2) is 6.72. The third-order valence-corrected chi connectivity index (χ3v) is 7.00. The van der Waals surface area contributed by atoms with Gasteiger partial charge in [0.05, 0.1) is 11.9 Å². The lowest BCUT2D eigenvalue weighted by Crippen LogP contribution is -2.46. The van der Waals surface area contributed by atoms with Crippen molar-refractivity contribution < 1.29 is 9.13 Å². The highest BCUT2D eigenvalue weighted by atomic mass is 19.1. The number of halogens is 1. The molecule has 0 bridgehead atoms. The van der Waals surface area contributed by atoms with Gasteiger partial charge < -0.3 is 15.4 Å². The third-order valence-electron chi connectivity index (χ3n) is 7.00. The lowest BCUT2D eigenvalue weighted by atomic mass is 9.72. The summed E-state index contributed by atoms with van der Waals surface area (Å²) in [5.74, 6) is 2.28. The zero-order valence-electron chi connectivity index (χ0n) is 17.6. The van der Waals surface area contributed by atoms with Gasteiger partial charge in [0.2, 0.25) is 0 Å². The van der Waals surface area contributed by atoms with Gasteiger partial charge >= 0.3 is 6.01 Å². The maximum Gasteiger partial charge on any atom is 0.324 e. The van der Waals surface area contributed by atoms with Gasteiger partial charge in [0.15, 0.2) is 0 Å². The molecule has 2 unspecified atom stereocenters. The number of fused-ring (bicyclic) bond motifs is 4. The summed E-state index contributed by atoms with van der Waals surface area (Å²) in [6, 6.07) is 7.51. The van der Waals surface area contributed by atoms with Crippen LogP contribution in [0.2, 0.25) is 0 Å². The van der Waals surface area contributed by atoms with Gasteiger partial charge in [-0.15, -0.1) is 0 Å². The Morgan fingerprint density at radius 3 is 2.77 bits per heavy atom. The standard InChI is InChI=1S/C24H24FN5O/c1-12-5-15(25)7-18-17(12)8-21-22(18)23(30-10-14-6-20(26)19(14)11-30)29-24(28-21)31-16-4-3-13(2)27-9-16/h3-5,7,9,14,19-20H,6,8,10-11,26H2,1-2H3/t14?,19?,20-/m1/s1. The number of aromatic nitrogens is 3. The molecule has 3 heterocycles. The zero-order chi connectivity index (χ0) is 21.3. The third kappa shape index (κ3) is 2.98. The second-order valence-electron chi connectivity index (χ2n) is 9.04. The molecule has 0 amide bonds. The first-order valence-corrected chi connectivity index (χ1v) is 10.8. The van der Waals surface area contributed by atoms with Gasteiger partial charge in [-0.2, -0.15) is 9.97 Å². The lowest BCUT2D eigenvalue weighted by Gasteiger charge is -2.36. The summed E-state index contributed by atoms with van der Waals surface area (Å²) in [6.07, 6.45) is 3.38. The molecule has 2 aliphatic carbocycles. The van der Waals surface area contributed by atoms with Crippen LogP contribution < -0.4 is 15.4 Å². The number of anilines is 1. The molecule has 0 spiro atoms. The molecule has 2 N–H and O–H groups in total. The van der Waals surface area contributed by atoms with Crippen LogP contribution >= 0.6 is 0 Å². The Morgan fingerprint density at radius 2 is 2.03 bits per heavy atom. The molecule has 6 nitrogen and oxygen atoms in total. The minimum atomic E-state index is -0.232. The van der Waals surface area contributed by atoms with E-state index in [4.69, 9.17) is 20.4 Å². The first-order chi connectivity index (χ1) is 15.0. The van der Waals surface area contributed by atoms with Crippen molar-refractivity contribution in [3.8, 4) is 22.9 Å². The Morgan fingerprint density at radius 1 is 1.16 bits per heavy atom. The minimum Gasteiger partial charge on any atom is -0.423 e. The Balaban J connectivity index is 1.46. The second-order valence-corrected chi connectivity index (χ2v) is 9.04. The van der Waals surface area contributed by atoms with Gasteiger partial charge in [-0.05, 0) is 73.1 Å². The molecule has 1 aliphatic heterocycles. The van der Waals surface area contributed by atoms with E-state index in [1.54, 1.807) is 18.3 Å². The number of nitrogens with zero attached hydrogens (tertiary/aromatic N) is 4. The number of aryl methyl sites for hydroxylation is 2. The van der Waals surface area contributed by atoms with Crippen LogP contribution in [0, 0.1) is 31.5 Å². The SMILES string of the molecule is Cc1ccc(Oc2nc3c(c(N4CC5C[C@@H](N)C5C4)n2)-c2cc(F)cc(C)c2C3)cn1. The molecule has 1 saturated carbocycles. The molecule has 1 aromatic carbocycles. The van der Waals surface area contributed by atoms with Crippen molar-refractivity contribution in [2.75, 3.05) is 18.0 Å². The van der Waals surface area contributed by atoms with Crippen molar-refractivity contribution in [3.63, 3.8) is 0 Å². The number of hydrogen-bond acceptors (Lipinski definition) is 6. The van der Waals surface area contributed by atoms with Crippen molar-refractivity contribution in [1.82, 2.24) is 15.0 Å². The van der Waals surface area contributed by atoms with Crippen molar-refractivity contribution in [3.05, 3.63) is 58.8 Å². The van der Waals surface area contributed by atoms with Crippen LogP contribution in [0.15, 0.2) is 30.5 Å². The summed E-state index contributed by atoms with van der Waals surface area (Å²) in [4.78, 5) is 16.1. The smallest absolute Gasteiger partial charge is 0.324 e. The summed E-state index contributed by atoms with van der Waals surface area (Å²) >= 11 is 0. The van der Waals surface area contributed by atoms with Crippen LogP contribution in [0.25, 0.3) is 11.1 Å². The maximum absolute atomic E-state index is 14.3. The summed E-state index contributed by atoms with van der Waals surface area (Å²) in [5.41, 5.74) is 11.9. The van der Waals surface area contributed by atoms with Crippen LogP contribution in [0.4, 0.5) is 10.2 Å². The monoisotopic (exact) mass is 417 g/mol. The number of pyridine rings is 1. The highest BCUT2D eigenvalue weighted by Crippen LogP contribution is 2.47. The molecule has 2 fully saturated rings. The quantitative estimate of drug-likeness (QED) is 0.547. The van der Waals surface area contributed by atoms with E-state index in [2.05, 4.69) is 9.88 Å². The van der Waals surface area contributed by atoms with Crippen molar-refractivity contribution in [2.24, 2.45) is 17.6 Å². The molecular weight excluding hydrogens is 393 g/mol. The predicted molar refractivity (Wildman–Crippen MR) is 116 cm³/mol. The minimum absolute atomic E-state index is 0.232. The first kappa shape index (κ1) is 18.7. The predicted octanol–water partition coefficient (Wildman–Crippen LogP) is 3.77. The molecule has 7 heteroatoms. The Hall–Kier alpha value is -3.06. The number of ether oxygens (including phenoxy) is 1. The number of hydrogen-bond donors (Lipinski definition) is 1. The Labute approximate surface area is 180 Å². The van der Waals surface area contributed by atoms with E-state index in [0.29, 0.717) is 30.0 Å². The fourth-order valence-corrected chi connectivity index (χ4v) is 5.30. The molecule has 158 valence electrons. The summed E-state index contributed by atoms with van der Waals surface area (Å²) in [6.45, 7) is 5.66. The highest BCUT2D eigenvalue weighted by Gasteiger charge is 2.46. The average molecular weight is 417 g/mol. The molecule has 31 heavy (non-hydrogen) atoms. The molecule has 0 radical (unpaired) electrons. The van der Waals surface area contributed by atoms with Crippen molar-refractivity contribution in [2.45, 2.75) is 32.7 Å². The maximum atomic E-state index is 14.3. The molecule has 3 aliphatic rings. The van der Waals surface area contributed by atoms with Crippen LogP contribution in [0.1, 0.15) is 28.9 Å². The molecule has 3 atom stereocenters. The number of benzene rings is 1. The number of nitrogens with two attached hydrogens (primary N) is 1. The Kier molecular flexibility index (Phi) is 4.05. The van der Waals surface area contributed by atoms with Gasteiger partial charge in [0, 0.05) is 36.8 Å². The van der Waals surface area contributed by atoms with Gasteiger partial charge in [0.1, 0.15) is 17.4 Å².